The van der Waals surface area contributed by atoms with E-state index in [1.165, 1.54) is 0 Å². The molecule has 1 aromatic heterocycles. The van der Waals surface area contributed by atoms with E-state index in [1.54, 1.807) is 11.7 Å². The highest BCUT2D eigenvalue weighted by Crippen LogP contribution is 2.27. The van der Waals surface area contributed by atoms with Gasteiger partial charge in [-0.3, -0.25) is 4.68 Å². The summed E-state index contributed by atoms with van der Waals surface area (Å²) >= 11 is 0. The molecule has 0 bridgehead atoms. The molecule has 0 spiro atoms. The van der Waals surface area contributed by atoms with Crippen molar-refractivity contribution in [3.63, 3.8) is 0 Å². The van der Waals surface area contributed by atoms with E-state index in [0.717, 1.165) is 5.69 Å². The zero-order valence-electron chi connectivity index (χ0n) is 8.27. The van der Waals surface area contributed by atoms with Crippen molar-refractivity contribution in [3.8, 4) is 0 Å². The molecule has 0 aliphatic carbocycles. The summed E-state index contributed by atoms with van der Waals surface area (Å²) in [7, 11) is 1.76. The summed E-state index contributed by atoms with van der Waals surface area (Å²) in [6, 6.07) is 0. The van der Waals surface area contributed by atoms with Crippen molar-refractivity contribution < 1.29 is 4.39 Å². The van der Waals surface area contributed by atoms with E-state index in [0.29, 0.717) is 5.56 Å². The number of aromatic nitrogens is 2. The molecule has 0 aromatic carbocycles. The molecule has 0 aliphatic heterocycles. The first kappa shape index (κ1) is 9.23. The maximum absolute atomic E-state index is 13.2. The number of aryl methyl sites for hydroxylation is 1. The van der Waals surface area contributed by atoms with Crippen LogP contribution < -0.4 is 0 Å². The van der Waals surface area contributed by atoms with Gasteiger partial charge in [0.1, 0.15) is 0 Å². The molecule has 0 saturated heterocycles. The van der Waals surface area contributed by atoms with Gasteiger partial charge in [-0.25, -0.2) is 0 Å². The van der Waals surface area contributed by atoms with Gasteiger partial charge in [-0.15, -0.1) is 5.10 Å². The number of hydrogen-bond donors (Lipinski definition) is 0. The van der Waals surface area contributed by atoms with Crippen LogP contribution in [0.1, 0.15) is 32.0 Å². The zero-order chi connectivity index (χ0) is 9.52. The molecule has 0 unspecified atom stereocenters. The molecule has 68 valence electrons. The lowest BCUT2D eigenvalue weighted by Gasteiger charge is -2.17. The fraction of sp³-hybridized carbons (Fsp3) is 0.667. The van der Waals surface area contributed by atoms with Crippen molar-refractivity contribution in [1.82, 2.24) is 9.78 Å². The second-order valence-electron chi connectivity index (χ2n) is 4.12. The van der Waals surface area contributed by atoms with Crippen molar-refractivity contribution in [2.75, 3.05) is 0 Å². The predicted molar refractivity (Wildman–Crippen MR) is 46.6 cm³/mol. The van der Waals surface area contributed by atoms with Gasteiger partial charge in [0, 0.05) is 18.3 Å². The molecule has 1 heterocycles. The van der Waals surface area contributed by atoms with Gasteiger partial charge in [0.25, 0.3) is 0 Å². The third-order valence-corrected chi connectivity index (χ3v) is 2.04. The molecule has 0 saturated carbocycles. The number of hydrogen-bond acceptors (Lipinski definition) is 1. The highest BCUT2D eigenvalue weighted by Gasteiger charge is 2.24. The monoisotopic (exact) mass is 170 g/mol. The molecule has 3 heteroatoms. The Bertz CT molecular complexity index is 294. The summed E-state index contributed by atoms with van der Waals surface area (Å²) in [6.07, 6.45) is 0. The lowest BCUT2D eigenvalue weighted by Crippen LogP contribution is -2.14. The van der Waals surface area contributed by atoms with Crippen LogP contribution in [0.4, 0.5) is 4.39 Å². The van der Waals surface area contributed by atoms with Crippen molar-refractivity contribution in [3.05, 3.63) is 17.2 Å². The van der Waals surface area contributed by atoms with Crippen molar-refractivity contribution in [1.29, 1.82) is 0 Å². The van der Waals surface area contributed by atoms with E-state index >= 15 is 0 Å². The maximum Gasteiger partial charge on any atom is 0.236 e. The Balaban J connectivity index is 3.32. The molecule has 12 heavy (non-hydrogen) atoms. The summed E-state index contributed by atoms with van der Waals surface area (Å²) in [5.41, 5.74) is 1.45. The molecule has 1 aromatic rings. The van der Waals surface area contributed by atoms with Crippen molar-refractivity contribution in [2.45, 2.75) is 33.1 Å². The average Bonchev–Trinajstić information content (AvgIpc) is 2.05. The summed E-state index contributed by atoms with van der Waals surface area (Å²) in [5.74, 6) is -0.345. The van der Waals surface area contributed by atoms with Gasteiger partial charge in [-0.2, -0.15) is 4.39 Å². The smallest absolute Gasteiger partial charge is 0.236 e. The van der Waals surface area contributed by atoms with Crippen LogP contribution >= 0.6 is 0 Å². The van der Waals surface area contributed by atoms with Gasteiger partial charge in [0.15, 0.2) is 0 Å². The molecule has 0 amide bonds. The third kappa shape index (κ3) is 1.36. The quantitative estimate of drug-likeness (QED) is 0.583. The molecular weight excluding hydrogens is 155 g/mol. The highest BCUT2D eigenvalue weighted by atomic mass is 19.1. The van der Waals surface area contributed by atoms with Crippen LogP contribution in [0, 0.1) is 12.9 Å². The first-order chi connectivity index (χ1) is 5.34. The van der Waals surface area contributed by atoms with E-state index in [-0.39, 0.29) is 11.4 Å². The molecule has 0 aliphatic rings. The number of nitrogens with zero attached hydrogens (tertiary/aromatic N) is 2. The topological polar surface area (TPSA) is 17.8 Å². The number of rotatable bonds is 0. The lowest BCUT2D eigenvalue weighted by molar-refractivity contribution is 0.501. The van der Waals surface area contributed by atoms with E-state index in [1.807, 2.05) is 27.7 Å². The Labute approximate surface area is 72.4 Å². The largest absolute Gasteiger partial charge is 0.270 e. The van der Waals surface area contributed by atoms with Crippen LogP contribution in [-0.2, 0) is 12.5 Å². The van der Waals surface area contributed by atoms with Crippen LogP contribution in [0.2, 0.25) is 0 Å². The predicted octanol–water partition coefficient (Wildman–Crippen LogP) is 2.17. The first-order valence-corrected chi connectivity index (χ1v) is 4.03. The van der Waals surface area contributed by atoms with Gasteiger partial charge in [0.2, 0.25) is 5.95 Å². The lowest BCUT2D eigenvalue weighted by atomic mass is 9.87. The molecule has 1 rings (SSSR count). The second kappa shape index (κ2) is 2.57. The van der Waals surface area contributed by atoms with Gasteiger partial charge in [0.05, 0.1) is 0 Å². The maximum atomic E-state index is 13.2. The zero-order valence-corrected chi connectivity index (χ0v) is 8.27. The van der Waals surface area contributed by atoms with E-state index in [4.69, 9.17) is 0 Å². The normalized spacial score (nSPS) is 12.2. The highest BCUT2D eigenvalue weighted by molar-refractivity contribution is 5.25. The van der Waals surface area contributed by atoms with E-state index in [9.17, 15) is 4.39 Å². The Morgan fingerprint density at radius 2 is 1.83 bits per heavy atom. The first-order valence-electron chi connectivity index (χ1n) is 4.03. The minimum Gasteiger partial charge on any atom is -0.270 e. The van der Waals surface area contributed by atoms with Crippen LogP contribution in [0.5, 0.6) is 0 Å². The Morgan fingerprint density at radius 3 is 2.00 bits per heavy atom. The SMILES string of the molecule is Cc1c(C(C)(C)C)c(F)nn1C. The molecule has 0 fully saturated rings. The fourth-order valence-electron chi connectivity index (χ4n) is 1.42. The molecule has 2 nitrogen and oxygen atoms in total. The van der Waals surface area contributed by atoms with Crippen LogP contribution in [0.3, 0.4) is 0 Å². The third-order valence-electron chi connectivity index (χ3n) is 2.04. The molecular formula is C9H15FN2. The van der Waals surface area contributed by atoms with Crippen molar-refractivity contribution in [2.24, 2.45) is 7.05 Å². The van der Waals surface area contributed by atoms with Crippen LogP contribution in [0.15, 0.2) is 0 Å². The Kier molecular flexibility index (Phi) is 1.98. The minimum absolute atomic E-state index is 0.164. The van der Waals surface area contributed by atoms with Gasteiger partial charge < -0.3 is 0 Å². The average molecular weight is 170 g/mol. The second-order valence-corrected chi connectivity index (χ2v) is 4.12. The Morgan fingerprint density at radius 1 is 1.33 bits per heavy atom. The fourth-order valence-corrected chi connectivity index (χ4v) is 1.42. The Hall–Kier alpha value is -0.860. The molecule has 0 N–H and O–H groups in total. The standard InChI is InChI=1S/C9H15FN2/c1-6-7(9(2,3)4)8(10)11-12(6)5/h1-5H3. The van der Waals surface area contributed by atoms with E-state index < -0.39 is 0 Å². The summed E-state index contributed by atoms with van der Waals surface area (Å²) < 4.78 is 14.8. The van der Waals surface area contributed by atoms with Gasteiger partial charge >= 0.3 is 0 Å². The van der Waals surface area contributed by atoms with E-state index in [2.05, 4.69) is 5.10 Å². The summed E-state index contributed by atoms with van der Waals surface area (Å²) in [4.78, 5) is 0. The van der Waals surface area contributed by atoms with Gasteiger partial charge in [-0.1, -0.05) is 20.8 Å². The molecule has 0 atom stereocenters. The van der Waals surface area contributed by atoms with Gasteiger partial charge in [-0.05, 0) is 12.3 Å². The minimum atomic E-state index is -0.345. The molecule has 0 radical (unpaired) electrons. The number of halogens is 1. The summed E-state index contributed by atoms with van der Waals surface area (Å²) in [6.45, 7) is 7.84. The van der Waals surface area contributed by atoms with Crippen LogP contribution in [0.25, 0.3) is 0 Å². The summed E-state index contributed by atoms with van der Waals surface area (Å²) in [5, 5.41) is 3.73. The van der Waals surface area contributed by atoms with Crippen molar-refractivity contribution >= 4 is 0 Å². The van der Waals surface area contributed by atoms with Crippen LogP contribution in [-0.4, -0.2) is 9.78 Å².